The lowest BCUT2D eigenvalue weighted by molar-refractivity contribution is -0.156. The molecule has 0 spiro atoms. The zero-order valence-corrected chi connectivity index (χ0v) is 21.2. The molecule has 2 fully saturated rings. The summed E-state index contributed by atoms with van der Waals surface area (Å²) in [6.45, 7) is 15.1. The summed E-state index contributed by atoms with van der Waals surface area (Å²) in [7, 11) is 0. The molecule has 5 nitrogen and oxygen atoms in total. The number of piperazine rings is 1. The standard InChI is InChI=1S/C24H38IN3O2/c1-5-21-17-28(22-8-6-20(25)7-9-22)15-14-27(21)16-19-10-12-26(13-11-19)18-23(29)30-24(2,3)4/h6-9,19,21H,5,10-18H2,1-4H3/t21-/m1/s1. The minimum Gasteiger partial charge on any atom is -0.459 e. The highest BCUT2D eigenvalue weighted by Crippen LogP contribution is 2.25. The first kappa shape index (κ1) is 23.8. The van der Waals surface area contributed by atoms with Crippen molar-refractivity contribution in [2.45, 2.75) is 58.6 Å². The van der Waals surface area contributed by atoms with Crippen molar-refractivity contribution in [3.8, 4) is 0 Å². The molecule has 1 aromatic rings. The Morgan fingerprint density at radius 3 is 2.37 bits per heavy atom. The number of anilines is 1. The third-order valence-electron chi connectivity index (χ3n) is 6.24. The van der Waals surface area contributed by atoms with E-state index in [-0.39, 0.29) is 5.97 Å². The van der Waals surface area contributed by atoms with Gasteiger partial charge in [-0.25, -0.2) is 0 Å². The average Bonchev–Trinajstić information content (AvgIpc) is 2.69. The van der Waals surface area contributed by atoms with Crippen LogP contribution < -0.4 is 4.90 Å². The fraction of sp³-hybridized carbons (Fsp3) is 0.708. The van der Waals surface area contributed by atoms with Crippen LogP contribution in [0.3, 0.4) is 0 Å². The summed E-state index contributed by atoms with van der Waals surface area (Å²) >= 11 is 2.37. The monoisotopic (exact) mass is 527 g/mol. The van der Waals surface area contributed by atoms with E-state index in [9.17, 15) is 4.79 Å². The molecule has 2 aliphatic rings. The highest BCUT2D eigenvalue weighted by atomic mass is 127. The molecule has 0 amide bonds. The molecule has 3 rings (SSSR count). The number of piperidine rings is 1. The molecule has 2 aliphatic heterocycles. The fourth-order valence-electron chi connectivity index (χ4n) is 4.62. The number of hydrogen-bond acceptors (Lipinski definition) is 5. The number of ether oxygens (including phenoxy) is 1. The van der Waals surface area contributed by atoms with Gasteiger partial charge in [-0.15, -0.1) is 0 Å². The number of halogens is 1. The second-order valence-corrected chi connectivity index (χ2v) is 11.0. The number of esters is 1. The minimum atomic E-state index is -0.398. The van der Waals surface area contributed by atoms with E-state index in [2.05, 4.69) is 68.5 Å². The molecule has 0 N–H and O–H groups in total. The molecule has 0 unspecified atom stereocenters. The molecular weight excluding hydrogens is 489 g/mol. The Kier molecular flexibility index (Phi) is 8.44. The van der Waals surface area contributed by atoms with Gasteiger partial charge in [0.25, 0.3) is 0 Å². The third-order valence-corrected chi connectivity index (χ3v) is 6.96. The molecule has 2 saturated heterocycles. The summed E-state index contributed by atoms with van der Waals surface area (Å²) in [5.74, 6) is 0.637. The first-order valence-corrected chi connectivity index (χ1v) is 12.5. The van der Waals surface area contributed by atoms with E-state index in [0.29, 0.717) is 12.6 Å². The predicted octanol–water partition coefficient (Wildman–Crippen LogP) is 4.25. The maximum atomic E-state index is 12.1. The zero-order chi connectivity index (χ0) is 21.7. The van der Waals surface area contributed by atoms with Gasteiger partial charge in [-0.1, -0.05) is 6.92 Å². The van der Waals surface area contributed by atoms with Crippen molar-refractivity contribution in [2.75, 3.05) is 50.7 Å². The van der Waals surface area contributed by atoms with E-state index in [0.717, 1.165) is 38.6 Å². The zero-order valence-electron chi connectivity index (χ0n) is 19.1. The van der Waals surface area contributed by atoms with E-state index in [1.54, 1.807) is 0 Å². The number of hydrogen-bond donors (Lipinski definition) is 0. The second kappa shape index (κ2) is 10.6. The maximum Gasteiger partial charge on any atom is 0.320 e. The van der Waals surface area contributed by atoms with E-state index < -0.39 is 5.60 Å². The molecule has 6 heteroatoms. The maximum absolute atomic E-state index is 12.1. The molecule has 30 heavy (non-hydrogen) atoms. The first-order valence-electron chi connectivity index (χ1n) is 11.4. The van der Waals surface area contributed by atoms with Gasteiger partial charge >= 0.3 is 5.97 Å². The molecule has 0 bridgehead atoms. The summed E-state index contributed by atoms with van der Waals surface area (Å²) in [6, 6.07) is 9.54. The summed E-state index contributed by atoms with van der Waals surface area (Å²) in [5.41, 5.74) is 0.953. The largest absolute Gasteiger partial charge is 0.459 e. The van der Waals surface area contributed by atoms with Crippen LogP contribution in [-0.2, 0) is 9.53 Å². The van der Waals surface area contributed by atoms with Crippen LogP contribution in [0.1, 0.15) is 47.0 Å². The lowest BCUT2D eigenvalue weighted by Crippen LogP contribution is -2.54. The molecule has 2 heterocycles. The van der Waals surface area contributed by atoms with Gasteiger partial charge in [-0.05, 0) is 106 Å². The molecule has 0 radical (unpaired) electrons. The van der Waals surface area contributed by atoms with Crippen LogP contribution in [0.5, 0.6) is 0 Å². The summed E-state index contributed by atoms with van der Waals surface area (Å²) in [6.07, 6.45) is 3.55. The lowest BCUT2D eigenvalue weighted by atomic mass is 9.94. The Bertz CT molecular complexity index is 681. The van der Waals surface area contributed by atoms with E-state index >= 15 is 0 Å². The van der Waals surface area contributed by atoms with Gasteiger partial charge in [0.05, 0.1) is 6.54 Å². The van der Waals surface area contributed by atoms with Gasteiger partial charge in [-0.2, -0.15) is 0 Å². The van der Waals surface area contributed by atoms with Crippen molar-refractivity contribution < 1.29 is 9.53 Å². The van der Waals surface area contributed by atoms with Gasteiger partial charge in [-0.3, -0.25) is 14.6 Å². The molecule has 168 valence electrons. The Morgan fingerprint density at radius 1 is 1.10 bits per heavy atom. The van der Waals surface area contributed by atoms with Crippen molar-refractivity contribution in [3.05, 3.63) is 27.8 Å². The number of benzene rings is 1. The summed E-state index contributed by atoms with van der Waals surface area (Å²) in [4.78, 5) is 19.6. The van der Waals surface area contributed by atoms with Crippen LogP contribution in [0, 0.1) is 9.49 Å². The number of rotatable bonds is 6. The van der Waals surface area contributed by atoms with Gasteiger partial charge in [0, 0.05) is 41.5 Å². The van der Waals surface area contributed by atoms with Gasteiger partial charge in [0.15, 0.2) is 0 Å². The molecule has 1 atom stereocenters. The van der Waals surface area contributed by atoms with Crippen molar-refractivity contribution in [2.24, 2.45) is 5.92 Å². The van der Waals surface area contributed by atoms with Gasteiger partial charge in [0.1, 0.15) is 5.60 Å². The van der Waals surface area contributed by atoms with Gasteiger partial charge in [0.2, 0.25) is 0 Å². The smallest absolute Gasteiger partial charge is 0.320 e. The quantitative estimate of drug-likeness (QED) is 0.409. The third kappa shape index (κ3) is 7.09. The molecule has 1 aromatic carbocycles. The Balaban J connectivity index is 1.44. The molecule has 0 aliphatic carbocycles. The van der Waals surface area contributed by atoms with Crippen LogP contribution in [0.4, 0.5) is 5.69 Å². The predicted molar refractivity (Wildman–Crippen MR) is 132 cm³/mol. The highest BCUT2D eigenvalue weighted by molar-refractivity contribution is 14.1. The van der Waals surface area contributed by atoms with Crippen molar-refractivity contribution in [1.82, 2.24) is 9.80 Å². The van der Waals surface area contributed by atoms with Crippen molar-refractivity contribution in [3.63, 3.8) is 0 Å². The SMILES string of the molecule is CC[C@@H]1CN(c2ccc(I)cc2)CCN1CC1CCN(CC(=O)OC(C)(C)C)CC1. The van der Waals surface area contributed by atoms with Crippen molar-refractivity contribution >= 4 is 34.2 Å². The fourth-order valence-corrected chi connectivity index (χ4v) is 4.98. The van der Waals surface area contributed by atoms with E-state index in [1.807, 2.05) is 20.8 Å². The van der Waals surface area contributed by atoms with Crippen LogP contribution in [0.15, 0.2) is 24.3 Å². The Labute approximate surface area is 196 Å². The van der Waals surface area contributed by atoms with Crippen molar-refractivity contribution in [1.29, 1.82) is 0 Å². The number of carbonyl (C=O) groups is 1. The number of nitrogens with zero attached hydrogens (tertiary/aromatic N) is 3. The normalized spacial score (nSPS) is 22.3. The summed E-state index contributed by atoms with van der Waals surface area (Å²) < 4.78 is 6.77. The Morgan fingerprint density at radius 2 is 1.77 bits per heavy atom. The number of likely N-dealkylation sites (tertiary alicyclic amines) is 1. The van der Waals surface area contributed by atoms with Crippen LogP contribution in [0.25, 0.3) is 0 Å². The second-order valence-electron chi connectivity index (χ2n) is 9.79. The van der Waals surface area contributed by atoms with Crippen LogP contribution in [0.2, 0.25) is 0 Å². The molecule has 0 saturated carbocycles. The molecule has 0 aromatic heterocycles. The van der Waals surface area contributed by atoms with Crippen LogP contribution in [-0.4, -0.2) is 73.2 Å². The first-order chi connectivity index (χ1) is 14.2. The lowest BCUT2D eigenvalue weighted by Gasteiger charge is -2.44. The Hall–Kier alpha value is -0.860. The average molecular weight is 527 g/mol. The van der Waals surface area contributed by atoms with Gasteiger partial charge < -0.3 is 9.64 Å². The van der Waals surface area contributed by atoms with Crippen LogP contribution >= 0.6 is 22.6 Å². The highest BCUT2D eigenvalue weighted by Gasteiger charge is 2.30. The van der Waals surface area contributed by atoms with E-state index in [4.69, 9.17) is 4.74 Å². The minimum absolute atomic E-state index is 0.0984. The van der Waals surface area contributed by atoms with E-state index in [1.165, 1.54) is 35.1 Å². The topological polar surface area (TPSA) is 36.0 Å². The summed E-state index contributed by atoms with van der Waals surface area (Å²) in [5, 5.41) is 0. The number of carbonyl (C=O) groups excluding carboxylic acids is 1. The molecular formula is C24H38IN3O2.